The highest BCUT2D eigenvalue weighted by Gasteiger charge is 2.22. The van der Waals surface area contributed by atoms with Crippen molar-refractivity contribution in [2.75, 3.05) is 32.7 Å². The zero-order valence-electron chi connectivity index (χ0n) is 16.7. The van der Waals surface area contributed by atoms with E-state index in [1.807, 2.05) is 25.7 Å². The number of nitrogens with zero attached hydrogens (tertiary/aromatic N) is 2. The van der Waals surface area contributed by atoms with Gasteiger partial charge in [0, 0.05) is 51.1 Å². The Hall–Kier alpha value is -1.88. The van der Waals surface area contributed by atoms with Crippen LogP contribution in [0, 0.1) is 12.3 Å². The number of aryl methyl sites for hydroxylation is 1. The van der Waals surface area contributed by atoms with Crippen LogP contribution in [0.5, 0.6) is 0 Å². The zero-order chi connectivity index (χ0) is 19.2. The van der Waals surface area contributed by atoms with Crippen LogP contribution in [0.4, 0.5) is 0 Å². The Bertz CT molecular complexity index is 614. The summed E-state index contributed by atoms with van der Waals surface area (Å²) in [6.07, 6.45) is 1.20. The molecular formula is C21H33N3O2. The standard InChI is InChI=1S/C21H33N3O2/c1-17-8-5-6-9-18(17)16-23-12-14-24(15-13-23)19(25)10-7-11-22-20(26)21(2,3)4/h5-6,8-9H,7,10-16H2,1-4H3,(H,22,26). The fourth-order valence-corrected chi connectivity index (χ4v) is 3.05. The third kappa shape index (κ3) is 6.13. The van der Waals surface area contributed by atoms with E-state index in [2.05, 4.69) is 41.4 Å². The van der Waals surface area contributed by atoms with E-state index >= 15 is 0 Å². The van der Waals surface area contributed by atoms with Gasteiger partial charge < -0.3 is 10.2 Å². The molecule has 0 bridgehead atoms. The van der Waals surface area contributed by atoms with Gasteiger partial charge in [-0.1, -0.05) is 45.0 Å². The Morgan fingerprint density at radius 1 is 1.08 bits per heavy atom. The van der Waals surface area contributed by atoms with Gasteiger partial charge in [0.2, 0.25) is 11.8 Å². The molecule has 1 fully saturated rings. The number of rotatable bonds is 6. The van der Waals surface area contributed by atoms with Crippen molar-refractivity contribution in [2.24, 2.45) is 5.41 Å². The molecule has 1 aliphatic rings. The third-order valence-corrected chi connectivity index (χ3v) is 4.91. The highest BCUT2D eigenvalue weighted by molar-refractivity contribution is 5.81. The highest BCUT2D eigenvalue weighted by atomic mass is 16.2. The maximum atomic E-state index is 12.4. The molecule has 0 aromatic heterocycles. The monoisotopic (exact) mass is 359 g/mol. The van der Waals surface area contributed by atoms with Crippen LogP contribution in [0.15, 0.2) is 24.3 Å². The van der Waals surface area contributed by atoms with Crippen molar-refractivity contribution in [3.05, 3.63) is 35.4 Å². The molecule has 0 spiro atoms. The van der Waals surface area contributed by atoms with E-state index < -0.39 is 0 Å². The van der Waals surface area contributed by atoms with E-state index in [9.17, 15) is 9.59 Å². The van der Waals surface area contributed by atoms with Crippen molar-refractivity contribution in [2.45, 2.75) is 47.1 Å². The SMILES string of the molecule is Cc1ccccc1CN1CCN(C(=O)CCCNC(=O)C(C)(C)C)CC1. The molecule has 0 atom stereocenters. The van der Waals surface area contributed by atoms with E-state index in [4.69, 9.17) is 0 Å². The first-order valence-electron chi connectivity index (χ1n) is 9.60. The molecule has 0 aliphatic carbocycles. The van der Waals surface area contributed by atoms with Gasteiger partial charge in [0.05, 0.1) is 0 Å². The maximum Gasteiger partial charge on any atom is 0.225 e. The number of hydrogen-bond acceptors (Lipinski definition) is 3. The summed E-state index contributed by atoms with van der Waals surface area (Å²) >= 11 is 0. The Morgan fingerprint density at radius 3 is 2.35 bits per heavy atom. The second kappa shape index (κ2) is 9.17. The summed E-state index contributed by atoms with van der Waals surface area (Å²) in [5.74, 6) is 0.236. The Kier molecular flexibility index (Phi) is 7.21. The van der Waals surface area contributed by atoms with Crippen molar-refractivity contribution < 1.29 is 9.59 Å². The number of piperazine rings is 1. The van der Waals surface area contributed by atoms with Crippen molar-refractivity contribution in [3.63, 3.8) is 0 Å². The number of benzene rings is 1. The van der Waals surface area contributed by atoms with E-state index in [-0.39, 0.29) is 17.2 Å². The first kappa shape index (κ1) is 20.4. The topological polar surface area (TPSA) is 52.6 Å². The molecule has 1 aliphatic heterocycles. The second-order valence-corrected chi connectivity index (χ2v) is 8.19. The van der Waals surface area contributed by atoms with Gasteiger partial charge in [-0.3, -0.25) is 14.5 Å². The summed E-state index contributed by atoms with van der Waals surface area (Å²) in [5.41, 5.74) is 2.31. The lowest BCUT2D eigenvalue weighted by molar-refractivity contribution is -0.133. The minimum Gasteiger partial charge on any atom is -0.356 e. The van der Waals surface area contributed by atoms with Crippen LogP contribution in [0.25, 0.3) is 0 Å². The fraction of sp³-hybridized carbons (Fsp3) is 0.619. The number of nitrogens with one attached hydrogen (secondary N) is 1. The Morgan fingerprint density at radius 2 is 1.73 bits per heavy atom. The Balaban J connectivity index is 1.67. The summed E-state index contributed by atoms with van der Waals surface area (Å²) in [5, 5.41) is 2.90. The normalized spacial score (nSPS) is 15.8. The zero-order valence-corrected chi connectivity index (χ0v) is 16.7. The fourth-order valence-electron chi connectivity index (χ4n) is 3.05. The average Bonchev–Trinajstić information content (AvgIpc) is 2.60. The summed E-state index contributed by atoms with van der Waals surface area (Å²) in [6, 6.07) is 8.48. The Labute approximate surface area is 157 Å². The smallest absolute Gasteiger partial charge is 0.225 e. The summed E-state index contributed by atoms with van der Waals surface area (Å²) in [4.78, 5) is 28.5. The van der Waals surface area contributed by atoms with Crippen molar-refractivity contribution >= 4 is 11.8 Å². The summed E-state index contributed by atoms with van der Waals surface area (Å²) in [7, 11) is 0. The molecule has 2 rings (SSSR count). The molecule has 1 aromatic rings. The van der Waals surface area contributed by atoms with Gasteiger partial charge in [-0.05, 0) is 24.5 Å². The molecular weight excluding hydrogens is 326 g/mol. The summed E-state index contributed by atoms with van der Waals surface area (Å²) < 4.78 is 0. The predicted octanol–water partition coefficient (Wildman–Crippen LogP) is 2.58. The van der Waals surface area contributed by atoms with Crippen LogP contribution in [-0.4, -0.2) is 54.3 Å². The molecule has 1 saturated heterocycles. The lowest BCUT2D eigenvalue weighted by Gasteiger charge is -2.35. The lowest BCUT2D eigenvalue weighted by atomic mass is 9.96. The number of carbonyl (C=O) groups is 2. The first-order valence-corrected chi connectivity index (χ1v) is 9.60. The average molecular weight is 360 g/mol. The minimum atomic E-state index is -0.378. The van der Waals surface area contributed by atoms with Crippen LogP contribution in [0.1, 0.15) is 44.7 Å². The quantitative estimate of drug-likeness (QED) is 0.795. The molecule has 26 heavy (non-hydrogen) atoms. The van der Waals surface area contributed by atoms with Gasteiger partial charge in [0.25, 0.3) is 0 Å². The highest BCUT2D eigenvalue weighted by Crippen LogP contribution is 2.14. The minimum absolute atomic E-state index is 0.0368. The van der Waals surface area contributed by atoms with E-state index in [1.165, 1.54) is 11.1 Å². The third-order valence-electron chi connectivity index (χ3n) is 4.91. The van der Waals surface area contributed by atoms with Crippen LogP contribution >= 0.6 is 0 Å². The maximum absolute atomic E-state index is 12.4. The molecule has 0 saturated carbocycles. The number of carbonyl (C=O) groups excluding carboxylic acids is 2. The van der Waals surface area contributed by atoms with Gasteiger partial charge in [0.1, 0.15) is 0 Å². The van der Waals surface area contributed by atoms with Gasteiger partial charge in [0.15, 0.2) is 0 Å². The molecule has 144 valence electrons. The molecule has 5 nitrogen and oxygen atoms in total. The molecule has 1 aromatic carbocycles. The van der Waals surface area contributed by atoms with Gasteiger partial charge in [-0.2, -0.15) is 0 Å². The van der Waals surface area contributed by atoms with Crippen molar-refractivity contribution in [3.8, 4) is 0 Å². The lowest BCUT2D eigenvalue weighted by Crippen LogP contribution is -2.48. The number of amides is 2. The molecule has 1 heterocycles. The van der Waals surface area contributed by atoms with Crippen LogP contribution in [0.3, 0.4) is 0 Å². The number of hydrogen-bond donors (Lipinski definition) is 1. The summed E-state index contributed by atoms with van der Waals surface area (Å²) in [6.45, 7) is 12.8. The largest absolute Gasteiger partial charge is 0.356 e. The molecule has 0 unspecified atom stereocenters. The molecule has 1 N–H and O–H groups in total. The van der Waals surface area contributed by atoms with Crippen molar-refractivity contribution in [1.82, 2.24) is 15.1 Å². The van der Waals surface area contributed by atoms with Gasteiger partial charge >= 0.3 is 0 Å². The van der Waals surface area contributed by atoms with E-state index in [1.54, 1.807) is 0 Å². The predicted molar refractivity (Wildman–Crippen MR) is 105 cm³/mol. The van der Waals surface area contributed by atoms with E-state index in [0.717, 1.165) is 32.7 Å². The van der Waals surface area contributed by atoms with Crippen LogP contribution in [0.2, 0.25) is 0 Å². The second-order valence-electron chi connectivity index (χ2n) is 8.19. The molecule has 5 heteroatoms. The van der Waals surface area contributed by atoms with Gasteiger partial charge in [-0.25, -0.2) is 0 Å². The van der Waals surface area contributed by atoms with Crippen LogP contribution < -0.4 is 5.32 Å². The van der Waals surface area contributed by atoms with Gasteiger partial charge in [-0.15, -0.1) is 0 Å². The van der Waals surface area contributed by atoms with Crippen molar-refractivity contribution in [1.29, 1.82) is 0 Å². The van der Waals surface area contributed by atoms with Crippen LogP contribution in [-0.2, 0) is 16.1 Å². The molecule has 0 radical (unpaired) electrons. The molecule has 2 amide bonds. The first-order chi connectivity index (χ1) is 12.3. The van der Waals surface area contributed by atoms with E-state index in [0.29, 0.717) is 19.4 Å².